The predicted octanol–water partition coefficient (Wildman–Crippen LogP) is 1.75. The third-order valence-corrected chi connectivity index (χ3v) is 2.62. The fourth-order valence-corrected chi connectivity index (χ4v) is 1.58. The molecule has 116 valence electrons. The van der Waals surface area contributed by atoms with E-state index in [9.17, 15) is 18.4 Å². The standard InChI is InChI=1S/C14H12F2N2O4/c1-8-14(12(19)4-5-21-8)22-7-13(20)18-17-11-3-2-9(15)6-10(11)16/h2-6,17H,7H2,1H3,(H,18,20). The monoisotopic (exact) mass is 310 g/mol. The van der Waals surface area contributed by atoms with Gasteiger partial charge in [0.2, 0.25) is 11.2 Å². The summed E-state index contributed by atoms with van der Waals surface area (Å²) in [4.78, 5) is 23.1. The van der Waals surface area contributed by atoms with Crippen molar-refractivity contribution in [3.63, 3.8) is 0 Å². The summed E-state index contributed by atoms with van der Waals surface area (Å²) in [5, 5.41) is 0. The van der Waals surface area contributed by atoms with Gasteiger partial charge in [0.25, 0.3) is 5.91 Å². The average Bonchev–Trinajstić information content (AvgIpc) is 2.46. The summed E-state index contributed by atoms with van der Waals surface area (Å²) in [5.74, 6) is -2.10. The predicted molar refractivity (Wildman–Crippen MR) is 73.3 cm³/mol. The fourth-order valence-electron chi connectivity index (χ4n) is 1.58. The summed E-state index contributed by atoms with van der Waals surface area (Å²) in [6.45, 7) is 1.03. The number of carbonyl (C=O) groups excluding carboxylic acids is 1. The lowest BCUT2D eigenvalue weighted by Crippen LogP contribution is -2.34. The molecule has 0 aliphatic heterocycles. The van der Waals surface area contributed by atoms with Crippen LogP contribution in [0.2, 0.25) is 0 Å². The van der Waals surface area contributed by atoms with E-state index in [1.54, 1.807) is 0 Å². The van der Waals surface area contributed by atoms with Crippen molar-refractivity contribution in [2.45, 2.75) is 6.92 Å². The highest BCUT2D eigenvalue weighted by atomic mass is 19.1. The van der Waals surface area contributed by atoms with E-state index in [4.69, 9.17) is 9.15 Å². The summed E-state index contributed by atoms with van der Waals surface area (Å²) in [5.41, 5.74) is 3.91. The minimum atomic E-state index is -0.860. The van der Waals surface area contributed by atoms with E-state index in [2.05, 4.69) is 10.9 Å². The van der Waals surface area contributed by atoms with E-state index in [0.717, 1.165) is 18.2 Å². The van der Waals surface area contributed by atoms with Crippen LogP contribution >= 0.6 is 0 Å². The van der Waals surface area contributed by atoms with Crippen LogP contribution in [0.15, 0.2) is 39.7 Å². The van der Waals surface area contributed by atoms with Crippen molar-refractivity contribution in [3.05, 3.63) is 58.1 Å². The minimum Gasteiger partial charge on any atom is -0.476 e. The van der Waals surface area contributed by atoms with Gasteiger partial charge in [-0.05, 0) is 19.1 Å². The van der Waals surface area contributed by atoms with Gasteiger partial charge in [0.05, 0.1) is 12.0 Å². The molecule has 0 saturated carbocycles. The van der Waals surface area contributed by atoms with Crippen LogP contribution in [-0.2, 0) is 4.79 Å². The number of rotatable bonds is 5. The first-order valence-electron chi connectivity index (χ1n) is 6.18. The zero-order valence-corrected chi connectivity index (χ0v) is 11.5. The van der Waals surface area contributed by atoms with Crippen molar-refractivity contribution in [2.75, 3.05) is 12.0 Å². The zero-order chi connectivity index (χ0) is 16.1. The molecular weight excluding hydrogens is 298 g/mol. The largest absolute Gasteiger partial charge is 0.476 e. The number of ether oxygens (including phenoxy) is 1. The Morgan fingerprint density at radius 1 is 1.32 bits per heavy atom. The Morgan fingerprint density at radius 3 is 2.77 bits per heavy atom. The maximum Gasteiger partial charge on any atom is 0.276 e. The SMILES string of the molecule is Cc1occc(=O)c1OCC(=O)NNc1ccc(F)cc1F. The minimum absolute atomic E-state index is 0.0781. The summed E-state index contributed by atoms with van der Waals surface area (Å²) < 4.78 is 36.1. The Morgan fingerprint density at radius 2 is 2.09 bits per heavy atom. The van der Waals surface area contributed by atoms with Gasteiger partial charge in [-0.1, -0.05) is 0 Å². The van der Waals surface area contributed by atoms with Gasteiger partial charge in [-0.3, -0.25) is 20.4 Å². The van der Waals surface area contributed by atoms with Crippen molar-refractivity contribution in [1.82, 2.24) is 5.43 Å². The number of hydrogen-bond donors (Lipinski definition) is 2. The molecule has 2 aromatic rings. The molecule has 0 saturated heterocycles. The van der Waals surface area contributed by atoms with Gasteiger partial charge in [0.1, 0.15) is 11.6 Å². The normalized spacial score (nSPS) is 10.1. The molecule has 1 aromatic heterocycles. The Bertz CT molecular complexity index is 746. The molecule has 2 N–H and O–H groups in total. The topological polar surface area (TPSA) is 80.6 Å². The molecule has 0 fully saturated rings. The number of hydrogen-bond acceptors (Lipinski definition) is 5. The van der Waals surface area contributed by atoms with Gasteiger partial charge in [-0.15, -0.1) is 0 Å². The number of amides is 1. The third kappa shape index (κ3) is 3.81. The lowest BCUT2D eigenvalue weighted by atomic mass is 10.3. The molecule has 0 aliphatic carbocycles. The number of hydrazine groups is 1. The van der Waals surface area contributed by atoms with Gasteiger partial charge in [-0.2, -0.15) is 0 Å². The molecule has 0 atom stereocenters. The maximum atomic E-state index is 13.3. The molecule has 6 nitrogen and oxygen atoms in total. The molecule has 0 radical (unpaired) electrons. The van der Waals surface area contributed by atoms with Gasteiger partial charge >= 0.3 is 0 Å². The molecule has 0 unspecified atom stereocenters. The Labute approximate surface area is 123 Å². The second kappa shape index (κ2) is 6.70. The van der Waals surface area contributed by atoms with E-state index in [1.165, 1.54) is 13.2 Å². The van der Waals surface area contributed by atoms with E-state index < -0.39 is 29.6 Å². The quantitative estimate of drug-likeness (QED) is 0.822. The lowest BCUT2D eigenvalue weighted by molar-refractivity contribution is -0.122. The molecule has 0 bridgehead atoms. The average molecular weight is 310 g/mol. The molecule has 1 amide bonds. The van der Waals surface area contributed by atoms with Gasteiger partial charge in [0.15, 0.2) is 12.4 Å². The van der Waals surface area contributed by atoms with Crippen molar-refractivity contribution in [3.8, 4) is 5.75 Å². The Kier molecular flexibility index (Phi) is 4.72. The number of benzene rings is 1. The summed E-state index contributed by atoms with van der Waals surface area (Å²) in [6.07, 6.45) is 1.21. The van der Waals surface area contributed by atoms with E-state index in [0.29, 0.717) is 6.07 Å². The second-order valence-corrected chi connectivity index (χ2v) is 4.26. The highest BCUT2D eigenvalue weighted by Gasteiger charge is 2.10. The highest BCUT2D eigenvalue weighted by molar-refractivity contribution is 5.78. The molecule has 0 spiro atoms. The number of anilines is 1. The van der Waals surface area contributed by atoms with E-state index in [-0.39, 0.29) is 17.2 Å². The van der Waals surface area contributed by atoms with Crippen LogP contribution in [0.4, 0.5) is 14.5 Å². The van der Waals surface area contributed by atoms with Crippen LogP contribution in [0.5, 0.6) is 5.75 Å². The molecular formula is C14H12F2N2O4. The van der Waals surface area contributed by atoms with Crippen LogP contribution in [0.25, 0.3) is 0 Å². The number of halogens is 2. The van der Waals surface area contributed by atoms with Crippen LogP contribution in [0, 0.1) is 18.6 Å². The third-order valence-electron chi connectivity index (χ3n) is 2.62. The fraction of sp³-hybridized carbons (Fsp3) is 0.143. The molecule has 0 aliphatic rings. The van der Waals surface area contributed by atoms with Crippen LogP contribution < -0.4 is 21.0 Å². The summed E-state index contributed by atoms with van der Waals surface area (Å²) in [7, 11) is 0. The van der Waals surface area contributed by atoms with Gasteiger partial charge < -0.3 is 9.15 Å². The molecule has 1 heterocycles. The molecule has 8 heteroatoms. The van der Waals surface area contributed by atoms with E-state index in [1.807, 2.05) is 0 Å². The van der Waals surface area contributed by atoms with Crippen molar-refractivity contribution >= 4 is 11.6 Å². The van der Waals surface area contributed by atoms with Crippen LogP contribution in [0.1, 0.15) is 5.76 Å². The first-order valence-corrected chi connectivity index (χ1v) is 6.18. The number of aryl methyl sites for hydroxylation is 1. The molecule has 1 aromatic carbocycles. The maximum absolute atomic E-state index is 13.3. The lowest BCUT2D eigenvalue weighted by Gasteiger charge is -2.10. The summed E-state index contributed by atoms with van der Waals surface area (Å²) in [6, 6.07) is 3.99. The molecule has 2 rings (SSSR count). The first-order chi connectivity index (χ1) is 10.5. The smallest absolute Gasteiger partial charge is 0.276 e. The Balaban J connectivity index is 1.90. The van der Waals surface area contributed by atoms with Crippen molar-refractivity contribution in [1.29, 1.82) is 0 Å². The second-order valence-electron chi connectivity index (χ2n) is 4.26. The zero-order valence-electron chi connectivity index (χ0n) is 11.5. The van der Waals surface area contributed by atoms with E-state index >= 15 is 0 Å². The van der Waals surface area contributed by atoms with Crippen LogP contribution in [-0.4, -0.2) is 12.5 Å². The highest BCUT2D eigenvalue weighted by Crippen LogP contribution is 2.13. The van der Waals surface area contributed by atoms with Gasteiger partial charge in [-0.25, -0.2) is 8.78 Å². The molecule has 22 heavy (non-hydrogen) atoms. The summed E-state index contributed by atoms with van der Waals surface area (Å²) >= 11 is 0. The van der Waals surface area contributed by atoms with Crippen molar-refractivity contribution < 1.29 is 22.7 Å². The first kappa shape index (κ1) is 15.5. The Hall–Kier alpha value is -2.90. The number of carbonyl (C=O) groups is 1. The number of nitrogens with one attached hydrogen (secondary N) is 2. The van der Waals surface area contributed by atoms with Crippen molar-refractivity contribution in [2.24, 2.45) is 0 Å². The van der Waals surface area contributed by atoms with Gasteiger partial charge in [0, 0.05) is 12.1 Å². The van der Waals surface area contributed by atoms with Crippen LogP contribution in [0.3, 0.4) is 0 Å².